The summed E-state index contributed by atoms with van der Waals surface area (Å²) in [5.41, 5.74) is 3.48. The molecule has 0 aliphatic carbocycles. The van der Waals surface area contributed by atoms with Gasteiger partial charge in [-0.05, 0) is 35.1 Å². The summed E-state index contributed by atoms with van der Waals surface area (Å²) in [4.78, 5) is 32.4. The number of anilines is 1. The zero-order valence-electron chi connectivity index (χ0n) is 18.9. The second kappa shape index (κ2) is 6.73. The number of carbonyl (C=O) groups excluding carboxylic acids is 2. The number of carbonyl (C=O) groups is 2. The van der Waals surface area contributed by atoms with Crippen molar-refractivity contribution >= 4 is 28.4 Å². The first-order valence-electron chi connectivity index (χ1n) is 11.5. The molecule has 168 valence electrons. The number of allylic oxidation sites excluding steroid dienone is 1. The van der Waals surface area contributed by atoms with E-state index in [1.54, 1.807) is 0 Å². The van der Waals surface area contributed by atoms with E-state index in [0.29, 0.717) is 12.8 Å². The van der Waals surface area contributed by atoms with Gasteiger partial charge >= 0.3 is 0 Å². The van der Waals surface area contributed by atoms with Gasteiger partial charge in [0.2, 0.25) is 11.8 Å². The maximum absolute atomic E-state index is 13.9. The number of amides is 2. The van der Waals surface area contributed by atoms with Gasteiger partial charge < -0.3 is 20.5 Å². The van der Waals surface area contributed by atoms with E-state index in [1.807, 2.05) is 53.6 Å². The van der Waals surface area contributed by atoms with Crippen LogP contribution in [0.2, 0.25) is 0 Å². The van der Waals surface area contributed by atoms with Crippen molar-refractivity contribution in [2.75, 3.05) is 5.32 Å². The third-order valence-corrected chi connectivity index (χ3v) is 8.23. The number of para-hydroxylation sites is 2. The van der Waals surface area contributed by atoms with Crippen LogP contribution in [0.3, 0.4) is 0 Å². The first-order valence-corrected chi connectivity index (χ1v) is 11.5. The minimum Gasteiger partial charge on any atom is -0.364 e. The fraction of sp³-hybridized carbons (Fsp3) is 0.333. The summed E-state index contributed by atoms with van der Waals surface area (Å²) in [6.45, 7) is 8.43. The largest absolute Gasteiger partial charge is 0.364 e. The molecule has 6 heteroatoms. The number of rotatable bonds is 4. The Kier molecular flexibility index (Phi) is 4.10. The van der Waals surface area contributed by atoms with Gasteiger partial charge in [-0.2, -0.15) is 0 Å². The summed E-state index contributed by atoms with van der Waals surface area (Å²) in [7, 11) is 0. The van der Waals surface area contributed by atoms with Crippen LogP contribution in [-0.2, 0) is 21.4 Å². The van der Waals surface area contributed by atoms with Gasteiger partial charge in [0.05, 0.1) is 0 Å². The predicted octanol–water partition coefficient (Wildman–Crippen LogP) is 3.71. The Morgan fingerprint density at radius 1 is 1.12 bits per heavy atom. The molecule has 2 amide bonds. The highest BCUT2D eigenvalue weighted by Gasteiger charge is 2.67. The molecule has 3 aromatic rings. The summed E-state index contributed by atoms with van der Waals surface area (Å²) in [6, 6.07) is 15.1. The van der Waals surface area contributed by atoms with Crippen LogP contribution in [0.25, 0.3) is 10.9 Å². The number of H-pyrrole nitrogens is 1. The van der Waals surface area contributed by atoms with Crippen molar-refractivity contribution in [3.63, 3.8) is 0 Å². The Labute approximate surface area is 193 Å². The third-order valence-electron chi connectivity index (χ3n) is 8.23. The van der Waals surface area contributed by atoms with Crippen LogP contribution in [0, 0.1) is 5.41 Å². The van der Waals surface area contributed by atoms with Gasteiger partial charge in [-0.1, -0.05) is 56.3 Å². The van der Waals surface area contributed by atoms with Crippen molar-refractivity contribution in [1.29, 1.82) is 0 Å². The minimum atomic E-state index is -0.596. The van der Waals surface area contributed by atoms with Crippen LogP contribution in [-0.4, -0.2) is 39.9 Å². The molecule has 4 unspecified atom stereocenters. The van der Waals surface area contributed by atoms with Crippen molar-refractivity contribution in [2.45, 2.75) is 50.4 Å². The molecule has 3 N–H and O–H groups in total. The summed E-state index contributed by atoms with van der Waals surface area (Å²) < 4.78 is 0. The Bertz CT molecular complexity index is 1310. The second-order valence-electron chi connectivity index (χ2n) is 10.1. The zero-order chi connectivity index (χ0) is 23.0. The SMILES string of the molecule is C=CC(C)(C)C12CC3C(=O)NC(Cc4c[nH]c5ccccc45)C(=O)N3C1Nc1ccccc12. The molecule has 1 aromatic heterocycles. The number of aromatic amines is 1. The van der Waals surface area contributed by atoms with E-state index in [9.17, 15) is 9.59 Å². The zero-order valence-corrected chi connectivity index (χ0v) is 18.9. The molecule has 0 bridgehead atoms. The Balaban J connectivity index is 1.41. The van der Waals surface area contributed by atoms with Crippen LogP contribution in [0.1, 0.15) is 31.4 Å². The van der Waals surface area contributed by atoms with E-state index in [2.05, 4.69) is 48.2 Å². The lowest BCUT2D eigenvalue weighted by Crippen LogP contribution is -2.64. The number of benzene rings is 2. The van der Waals surface area contributed by atoms with Gasteiger partial charge in [0.15, 0.2) is 0 Å². The predicted molar refractivity (Wildman–Crippen MR) is 129 cm³/mol. The molecule has 6 rings (SSSR count). The molecule has 0 saturated carbocycles. The van der Waals surface area contributed by atoms with Crippen molar-refractivity contribution in [2.24, 2.45) is 5.41 Å². The standard InChI is InChI=1S/C27H28N4O2/c1-4-26(2,3)27-14-22-23(32)29-21(13-16-15-28-19-11-7-5-9-17(16)19)24(33)31(22)25(27)30-20-12-8-6-10-18(20)27/h4-12,15,21-22,25,28,30H,1,13-14H2,2-3H3,(H,29,32). The molecule has 2 aromatic carbocycles. The van der Waals surface area contributed by atoms with Crippen LogP contribution in [0.15, 0.2) is 67.4 Å². The molecule has 6 nitrogen and oxygen atoms in total. The minimum absolute atomic E-state index is 0.0306. The molecule has 4 heterocycles. The third kappa shape index (κ3) is 2.55. The van der Waals surface area contributed by atoms with E-state index in [-0.39, 0.29) is 23.4 Å². The van der Waals surface area contributed by atoms with Crippen molar-refractivity contribution in [1.82, 2.24) is 15.2 Å². The van der Waals surface area contributed by atoms with Crippen LogP contribution < -0.4 is 10.6 Å². The van der Waals surface area contributed by atoms with Gasteiger partial charge in [-0.15, -0.1) is 6.58 Å². The molecule has 2 saturated heterocycles. The average molecular weight is 441 g/mol. The van der Waals surface area contributed by atoms with Crippen LogP contribution >= 0.6 is 0 Å². The van der Waals surface area contributed by atoms with E-state index in [4.69, 9.17) is 0 Å². The molecule has 0 spiro atoms. The Morgan fingerprint density at radius 3 is 2.70 bits per heavy atom. The van der Waals surface area contributed by atoms with E-state index in [1.165, 1.54) is 0 Å². The lowest BCUT2D eigenvalue weighted by Gasteiger charge is -2.44. The highest BCUT2D eigenvalue weighted by molar-refractivity contribution is 5.99. The van der Waals surface area contributed by atoms with Gasteiger partial charge in [0, 0.05) is 34.6 Å². The normalized spacial score (nSPS) is 28.2. The fourth-order valence-corrected chi connectivity index (χ4v) is 6.34. The molecule has 4 atom stereocenters. The summed E-state index contributed by atoms with van der Waals surface area (Å²) in [5.74, 6) is -0.107. The highest BCUT2D eigenvalue weighted by Crippen LogP contribution is 2.60. The molecular formula is C27H28N4O2. The average Bonchev–Trinajstić information content (AvgIpc) is 3.47. The molecule has 0 radical (unpaired) electrons. The van der Waals surface area contributed by atoms with E-state index >= 15 is 0 Å². The lowest BCUT2D eigenvalue weighted by atomic mass is 9.60. The first-order chi connectivity index (χ1) is 15.9. The van der Waals surface area contributed by atoms with Crippen molar-refractivity contribution in [3.8, 4) is 0 Å². The number of piperazine rings is 1. The van der Waals surface area contributed by atoms with Crippen molar-refractivity contribution in [3.05, 3.63) is 78.5 Å². The van der Waals surface area contributed by atoms with Crippen LogP contribution in [0.5, 0.6) is 0 Å². The molecule has 3 aliphatic rings. The van der Waals surface area contributed by atoms with E-state index < -0.39 is 17.5 Å². The second-order valence-corrected chi connectivity index (χ2v) is 10.1. The first kappa shape index (κ1) is 20.1. The molecule has 3 aliphatic heterocycles. The lowest BCUT2D eigenvalue weighted by molar-refractivity contribution is -0.148. The molecule has 33 heavy (non-hydrogen) atoms. The van der Waals surface area contributed by atoms with Gasteiger partial charge in [-0.3, -0.25) is 9.59 Å². The molecular weight excluding hydrogens is 412 g/mol. The maximum atomic E-state index is 13.9. The summed E-state index contributed by atoms with van der Waals surface area (Å²) in [5, 5.41) is 7.73. The topological polar surface area (TPSA) is 77.2 Å². The van der Waals surface area contributed by atoms with Gasteiger partial charge in [-0.25, -0.2) is 0 Å². The van der Waals surface area contributed by atoms with Gasteiger partial charge in [0.1, 0.15) is 18.2 Å². The number of fused-ring (bicyclic) bond motifs is 6. The number of nitrogens with zero attached hydrogens (tertiary/aromatic N) is 1. The molecule has 2 fully saturated rings. The van der Waals surface area contributed by atoms with Crippen LogP contribution in [0.4, 0.5) is 5.69 Å². The number of aromatic nitrogens is 1. The van der Waals surface area contributed by atoms with Crippen molar-refractivity contribution < 1.29 is 9.59 Å². The number of hydrogen-bond acceptors (Lipinski definition) is 3. The monoisotopic (exact) mass is 440 g/mol. The highest BCUT2D eigenvalue weighted by atomic mass is 16.2. The summed E-state index contributed by atoms with van der Waals surface area (Å²) in [6.07, 6.45) is 4.63. The fourth-order valence-electron chi connectivity index (χ4n) is 6.34. The summed E-state index contributed by atoms with van der Waals surface area (Å²) >= 11 is 0. The Hall–Kier alpha value is -3.54. The van der Waals surface area contributed by atoms with E-state index in [0.717, 1.165) is 27.7 Å². The Morgan fingerprint density at radius 2 is 1.88 bits per heavy atom. The van der Waals surface area contributed by atoms with Gasteiger partial charge in [0.25, 0.3) is 0 Å². The smallest absolute Gasteiger partial charge is 0.247 e. The number of nitrogens with one attached hydrogen (secondary N) is 3. The number of hydrogen-bond donors (Lipinski definition) is 3. The quantitative estimate of drug-likeness (QED) is 0.542. The maximum Gasteiger partial charge on any atom is 0.247 e.